The summed E-state index contributed by atoms with van der Waals surface area (Å²) in [5, 5.41) is -0.0912. The number of carbonyl (C=O) groups excluding carboxylic acids is 1. The largest absolute Gasteiger partial charge is 0.459 e. The average Bonchev–Trinajstić information content (AvgIpc) is 3.25. The van der Waals surface area contributed by atoms with Crippen molar-refractivity contribution in [1.29, 1.82) is 0 Å². The number of hydrogen-bond acceptors (Lipinski definition) is 3. The van der Waals surface area contributed by atoms with Gasteiger partial charge >= 0.3 is 12.1 Å². The number of alkyl halides is 3. The molecule has 0 aromatic carbocycles. The fourth-order valence-electron chi connectivity index (χ4n) is 2.51. The van der Waals surface area contributed by atoms with Crippen molar-refractivity contribution in [2.75, 3.05) is 0 Å². The van der Waals surface area contributed by atoms with Gasteiger partial charge in [0.1, 0.15) is 6.61 Å². The lowest BCUT2D eigenvalue weighted by Gasteiger charge is -2.11. The van der Waals surface area contributed by atoms with Crippen LogP contribution in [0.4, 0.5) is 13.2 Å². The highest BCUT2D eigenvalue weighted by Gasteiger charge is 2.34. The number of carbonyl (C=O) groups is 1. The van der Waals surface area contributed by atoms with Gasteiger partial charge in [0.05, 0.1) is 27.9 Å². The van der Waals surface area contributed by atoms with Crippen LogP contribution >= 0.6 is 11.6 Å². The van der Waals surface area contributed by atoms with Crippen molar-refractivity contribution >= 4 is 23.2 Å². The van der Waals surface area contributed by atoms with E-state index in [1.54, 1.807) is 0 Å². The molecule has 0 unspecified atom stereocenters. The molecule has 130 valence electrons. The Kier molecular flexibility index (Phi) is 4.23. The molecule has 2 aromatic rings. The first kappa shape index (κ1) is 17.1. The van der Waals surface area contributed by atoms with Crippen LogP contribution in [0.25, 0.3) is 5.65 Å². The third kappa shape index (κ3) is 3.22. The normalized spacial score (nSPS) is 15.3. The minimum atomic E-state index is -4.53. The molecule has 3 rings (SSSR count). The zero-order valence-electron chi connectivity index (χ0n) is 13.2. The molecule has 0 atom stereocenters. The van der Waals surface area contributed by atoms with Gasteiger partial charge < -0.3 is 4.74 Å². The highest BCUT2D eigenvalue weighted by molar-refractivity contribution is 6.33. The Morgan fingerprint density at radius 1 is 1.46 bits per heavy atom. The highest BCUT2D eigenvalue weighted by atomic mass is 35.5. The summed E-state index contributed by atoms with van der Waals surface area (Å²) >= 11 is 5.99. The lowest BCUT2D eigenvalue weighted by molar-refractivity contribution is -0.146. The zero-order chi connectivity index (χ0) is 17.6. The van der Waals surface area contributed by atoms with E-state index in [-0.39, 0.29) is 35.1 Å². The molecule has 0 spiro atoms. The number of esters is 1. The van der Waals surface area contributed by atoms with E-state index in [0.29, 0.717) is 11.4 Å². The Hall–Kier alpha value is -1.76. The maximum absolute atomic E-state index is 13.0. The number of pyridine rings is 1. The Bertz CT molecular complexity index is 795. The Labute approximate surface area is 141 Å². The summed E-state index contributed by atoms with van der Waals surface area (Å²) in [4.78, 5) is 16.1. The summed E-state index contributed by atoms with van der Waals surface area (Å²) in [6.45, 7) is 3.61. The van der Waals surface area contributed by atoms with Gasteiger partial charge in [-0.25, -0.2) is 4.98 Å². The first-order valence-corrected chi connectivity index (χ1v) is 8.00. The van der Waals surface area contributed by atoms with Gasteiger partial charge in [0.2, 0.25) is 0 Å². The molecule has 8 heteroatoms. The molecule has 0 radical (unpaired) electrons. The van der Waals surface area contributed by atoms with Gasteiger partial charge in [-0.15, -0.1) is 0 Å². The van der Waals surface area contributed by atoms with Gasteiger partial charge in [0.15, 0.2) is 5.65 Å². The Morgan fingerprint density at radius 2 is 2.12 bits per heavy atom. The number of ether oxygens (including phenoxy) is 1. The van der Waals surface area contributed by atoms with Crippen LogP contribution in [0.15, 0.2) is 12.3 Å². The molecule has 1 aliphatic rings. The number of nitrogens with zero attached hydrogens (tertiary/aromatic N) is 2. The Morgan fingerprint density at radius 3 is 2.67 bits per heavy atom. The van der Waals surface area contributed by atoms with Crippen molar-refractivity contribution in [2.45, 2.75) is 45.4 Å². The molecule has 2 heterocycles. The van der Waals surface area contributed by atoms with Crippen LogP contribution in [0.5, 0.6) is 0 Å². The number of aromatic nitrogens is 2. The summed E-state index contributed by atoms with van der Waals surface area (Å²) < 4.78 is 45.7. The summed E-state index contributed by atoms with van der Waals surface area (Å²) in [5.41, 5.74) is 0.343. The molecule has 1 aliphatic carbocycles. The second kappa shape index (κ2) is 5.95. The van der Waals surface area contributed by atoms with Crippen LogP contribution in [-0.2, 0) is 22.3 Å². The number of hydrogen-bond donors (Lipinski definition) is 0. The number of rotatable bonds is 4. The van der Waals surface area contributed by atoms with Gasteiger partial charge in [-0.1, -0.05) is 25.4 Å². The molecule has 4 nitrogen and oxygen atoms in total. The van der Waals surface area contributed by atoms with E-state index in [2.05, 4.69) is 4.98 Å². The first-order valence-electron chi connectivity index (χ1n) is 7.62. The monoisotopic (exact) mass is 360 g/mol. The maximum Gasteiger partial charge on any atom is 0.417 e. The smallest absolute Gasteiger partial charge is 0.417 e. The predicted octanol–water partition coefficient (Wildman–Crippen LogP) is 4.58. The van der Waals surface area contributed by atoms with Crippen LogP contribution in [0.2, 0.25) is 5.02 Å². The quantitative estimate of drug-likeness (QED) is 0.749. The van der Waals surface area contributed by atoms with Crippen LogP contribution in [-0.4, -0.2) is 15.4 Å². The van der Waals surface area contributed by atoms with Crippen LogP contribution in [0.3, 0.4) is 0 Å². The predicted molar refractivity (Wildman–Crippen MR) is 81.8 cm³/mol. The van der Waals surface area contributed by atoms with Crippen molar-refractivity contribution in [3.8, 4) is 0 Å². The summed E-state index contributed by atoms with van der Waals surface area (Å²) in [7, 11) is 0. The molecule has 0 aliphatic heterocycles. The maximum atomic E-state index is 13.0. The zero-order valence-corrected chi connectivity index (χ0v) is 13.9. The first-order chi connectivity index (χ1) is 11.2. The van der Waals surface area contributed by atoms with Gasteiger partial charge in [0, 0.05) is 6.20 Å². The minimum Gasteiger partial charge on any atom is -0.459 e. The molecule has 2 aromatic heterocycles. The van der Waals surface area contributed by atoms with E-state index in [0.717, 1.165) is 25.1 Å². The molecule has 0 N–H and O–H groups in total. The van der Waals surface area contributed by atoms with Crippen molar-refractivity contribution in [3.63, 3.8) is 0 Å². The lowest BCUT2D eigenvalue weighted by atomic mass is 10.1. The molecule has 0 saturated heterocycles. The molecule has 0 amide bonds. The third-order valence-corrected chi connectivity index (χ3v) is 4.22. The second-order valence-electron chi connectivity index (χ2n) is 6.25. The fourth-order valence-corrected chi connectivity index (χ4v) is 2.76. The van der Waals surface area contributed by atoms with E-state index in [1.165, 1.54) is 4.40 Å². The van der Waals surface area contributed by atoms with E-state index in [4.69, 9.17) is 16.3 Å². The summed E-state index contributed by atoms with van der Waals surface area (Å²) in [6, 6.07) is 0.855. The lowest BCUT2D eigenvalue weighted by Crippen LogP contribution is -2.11. The summed E-state index contributed by atoms with van der Waals surface area (Å²) in [5.74, 6) is -0.455. The molecule has 24 heavy (non-hydrogen) atoms. The molecule has 1 fully saturated rings. The fraction of sp³-hybridized carbons (Fsp3) is 0.500. The SMILES string of the molecule is CC(C)c1nc2c(Cl)cc(C(F)(F)F)cn2c1COC(=O)C1CC1. The minimum absolute atomic E-state index is 0.0510. The standard InChI is InChI=1S/C16H16ClF3N2O2/c1-8(2)13-12(7-24-15(23)9-3-4-9)22-6-10(16(18,19)20)5-11(17)14(22)21-13/h5-6,8-9H,3-4,7H2,1-2H3. The van der Waals surface area contributed by atoms with E-state index < -0.39 is 11.7 Å². The summed E-state index contributed by atoms with van der Waals surface area (Å²) in [6.07, 6.45) is -1.98. The Balaban J connectivity index is 2.06. The molecular weight excluding hydrogens is 345 g/mol. The van der Waals surface area contributed by atoms with Crippen LogP contribution < -0.4 is 0 Å². The van der Waals surface area contributed by atoms with Gasteiger partial charge in [-0.05, 0) is 24.8 Å². The van der Waals surface area contributed by atoms with Crippen molar-refractivity contribution in [1.82, 2.24) is 9.38 Å². The van der Waals surface area contributed by atoms with Crippen molar-refractivity contribution < 1.29 is 22.7 Å². The van der Waals surface area contributed by atoms with Gasteiger partial charge in [-0.3, -0.25) is 9.20 Å². The second-order valence-corrected chi connectivity index (χ2v) is 6.66. The van der Waals surface area contributed by atoms with Crippen molar-refractivity contribution in [2.24, 2.45) is 5.92 Å². The van der Waals surface area contributed by atoms with Crippen LogP contribution in [0.1, 0.15) is 49.6 Å². The van der Waals surface area contributed by atoms with E-state index in [1.807, 2.05) is 13.8 Å². The van der Waals surface area contributed by atoms with E-state index in [9.17, 15) is 18.0 Å². The van der Waals surface area contributed by atoms with Gasteiger partial charge in [-0.2, -0.15) is 13.2 Å². The number of fused-ring (bicyclic) bond motifs is 1. The van der Waals surface area contributed by atoms with E-state index >= 15 is 0 Å². The molecular formula is C16H16ClF3N2O2. The third-order valence-electron chi connectivity index (χ3n) is 3.94. The average molecular weight is 361 g/mol. The number of halogens is 4. The topological polar surface area (TPSA) is 43.6 Å². The van der Waals surface area contributed by atoms with Crippen LogP contribution in [0, 0.1) is 5.92 Å². The van der Waals surface area contributed by atoms with Crippen molar-refractivity contribution in [3.05, 3.63) is 34.2 Å². The molecule has 1 saturated carbocycles. The molecule has 0 bridgehead atoms. The highest BCUT2D eigenvalue weighted by Crippen LogP contribution is 2.35. The number of imidazole rings is 1. The van der Waals surface area contributed by atoms with Gasteiger partial charge in [0.25, 0.3) is 0 Å².